The van der Waals surface area contributed by atoms with Crippen LogP contribution in [0.2, 0.25) is 0 Å². The van der Waals surface area contributed by atoms with Crippen LogP contribution < -0.4 is 10.8 Å². The third kappa shape index (κ3) is 10.1. The van der Waals surface area contributed by atoms with Gasteiger partial charge in [-0.3, -0.25) is 4.79 Å². The molecule has 0 aliphatic heterocycles. The summed E-state index contributed by atoms with van der Waals surface area (Å²) in [6.45, 7) is 2.44. The molecule has 1 aromatic carbocycles. The van der Waals surface area contributed by atoms with Crippen LogP contribution in [-0.2, 0) is 30.3 Å². The molecule has 0 aromatic heterocycles. The van der Waals surface area contributed by atoms with Crippen molar-refractivity contribution in [3.63, 3.8) is 0 Å². The summed E-state index contributed by atoms with van der Waals surface area (Å²) in [5, 5.41) is 2.81. The second-order valence-electron chi connectivity index (χ2n) is 5.02. The number of nitrogens with one attached hydrogen (secondary N) is 2. The third-order valence-electron chi connectivity index (χ3n) is 3.13. The van der Waals surface area contributed by atoms with Crippen molar-refractivity contribution in [3.8, 4) is 0 Å². The van der Waals surface area contributed by atoms with Crippen LogP contribution in [-0.4, -0.2) is 52.3 Å². The van der Waals surface area contributed by atoms with Gasteiger partial charge in [0.1, 0.15) is 6.29 Å². The maximum Gasteiger partial charge on any atom is 0.226 e. The Morgan fingerprint density at radius 3 is 2.46 bits per heavy atom. The maximum absolute atomic E-state index is 11.8. The predicted molar refractivity (Wildman–Crippen MR) is 90.7 cm³/mol. The lowest BCUT2D eigenvalue weighted by molar-refractivity contribution is -0.117. The van der Waals surface area contributed by atoms with E-state index in [2.05, 4.69) is 15.6 Å². The van der Waals surface area contributed by atoms with Crippen molar-refractivity contribution in [2.45, 2.75) is 19.3 Å². The fourth-order valence-electron chi connectivity index (χ4n) is 1.91. The highest BCUT2D eigenvalue weighted by Crippen LogP contribution is 2.11. The Labute approximate surface area is 142 Å². The first kappa shape index (κ1) is 20.2. The van der Waals surface area contributed by atoms with Gasteiger partial charge in [0.2, 0.25) is 5.91 Å². The standard InChI is InChI=1S/C17H26N2O5/c1-22-18-9-12-24-14-13-23-11-8-17(21)19-16-6-4-15(5-7-16)3-2-10-20/h4-7,10,18H,2-3,8-9,11-14H2,1H3,(H,19,21). The van der Waals surface area contributed by atoms with Crippen LogP contribution in [0.15, 0.2) is 24.3 Å². The molecule has 2 N–H and O–H groups in total. The molecule has 1 rings (SSSR count). The first-order valence-corrected chi connectivity index (χ1v) is 8.00. The lowest BCUT2D eigenvalue weighted by Crippen LogP contribution is -2.19. The molecular weight excluding hydrogens is 312 g/mol. The largest absolute Gasteiger partial charge is 0.379 e. The van der Waals surface area contributed by atoms with Crippen molar-refractivity contribution < 1.29 is 23.9 Å². The number of aldehydes is 1. The molecule has 0 radical (unpaired) electrons. The van der Waals surface area contributed by atoms with Crippen LogP contribution in [0, 0.1) is 0 Å². The summed E-state index contributed by atoms with van der Waals surface area (Å²) in [5.41, 5.74) is 4.48. The Balaban J connectivity index is 2.06. The van der Waals surface area contributed by atoms with Crippen LogP contribution >= 0.6 is 0 Å². The van der Waals surface area contributed by atoms with Crippen LogP contribution in [0.25, 0.3) is 0 Å². The lowest BCUT2D eigenvalue weighted by Gasteiger charge is -2.08. The second-order valence-corrected chi connectivity index (χ2v) is 5.02. The van der Waals surface area contributed by atoms with E-state index in [0.717, 1.165) is 24.0 Å². The molecule has 0 spiro atoms. The van der Waals surface area contributed by atoms with Gasteiger partial charge in [0, 0.05) is 18.7 Å². The number of hydrogen-bond donors (Lipinski definition) is 2. The maximum atomic E-state index is 11.8. The number of carbonyl (C=O) groups excluding carboxylic acids is 2. The van der Waals surface area contributed by atoms with E-state index >= 15 is 0 Å². The molecule has 0 saturated heterocycles. The van der Waals surface area contributed by atoms with E-state index in [9.17, 15) is 9.59 Å². The highest BCUT2D eigenvalue weighted by atomic mass is 16.6. The van der Waals surface area contributed by atoms with Crippen molar-refractivity contribution in [1.82, 2.24) is 5.48 Å². The fraction of sp³-hybridized carbons (Fsp3) is 0.529. The molecule has 0 saturated carbocycles. The molecule has 7 heteroatoms. The summed E-state index contributed by atoms with van der Waals surface area (Å²) in [6.07, 6.45) is 2.42. The fourth-order valence-corrected chi connectivity index (χ4v) is 1.91. The summed E-state index contributed by atoms with van der Waals surface area (Å²) >= 11 is 0. The van der Waals surface area contributed by atoms with Crippen molar-refractivity contribution in [2.24, 2.45) is 0 Å². The van der Waals surface area contributed by atoms with Crippen LogP contribution in [0.3, 0.4) is 0 Å². The number of aryl methyl sites for hydroxylation is 1. The van der Waals surface area contributed by atoms with Gasteiger partial charge < -0.3 is 24.4 Å². The van der Waals surface area contributed by atoms with Gasteiger partial charge >= 0.3 is 0 Å². The average molecular weight is 338 g/mol. The molecule has 7 nitrogen and oxygen atoms in total. The molecule has 0 fully saturated rings. The number of carbonyl (C=O) groups is 2. The van der Waals surface area contributed by atoms with E-state index in [4.69, 9.17) is 9.47 Å². The summed E-state index contributed by atoms with van der Waals surface area (Å²) in [7, 11) is 1.55. The van der Waals surface area contributed by atoms with E-state index in [1.54, 1.807) is 7.11 Å². The van der Waals surface area contributed by atoms with Gasteiger partial charge in [-0.05, 0) is 24.1 Å². The van der Waals surface area contributed by atoms with Crippen LogP contribution in [0.5, 0.6) is 0 Å². The zero-order valence-electron chi connectivity index (χ0n) is 14.1. The van der Waals surface area contributed by atoms with Crippen molar-refractivity contribution in [1.29, 1.82) is 0 Å². The quantitative estimate of drug-likeness (QED) is 0.302. The minimum Gasteiger partial charge on any atom is -0.379 e. The minimum atomic E-state index is -0.0964. The first-order chi connectivity index (χ1) is 11.8. The zero-order valence-corrected chi connectivity index (χ0v) is 14.1. The molecule has 0 atom stereocenters. The molecule has 0 heterocycles. The van der Waals surface area contributed by atoms with Crippen molar-refractivity contribution >= 4 is 17.9 Å². The SMILES string of the molecule is CONCCOCCOCCC(=O)Nc1ccc(CCC=O)cc1. The van der Waals surface area contributed by atoms with Crippen LogP contribution in [0.4, 0.5) is 5.69 Å². The molecule has 134 valence electrons. The van der Waals surface area contributed by atoms with Gasteiger partial charge in [-0.25, -0.2) is 5.48 Å². The molecule has 1 aromatic rings. The molecular formula is C17H26N2O5. The van der Waals surface area contributed by atoms with Gasteiger partial charge in [0.05, 0.1) is 40.0 Å². The number of ether oxygens (including phenoxy) is 2. The van der Waals surface area contributed by atoms with Crippen molar-refractivity contribution in [2.75, 3.05) is 45.4 Å². The number of hydroxylamine groups is 1. The molecule has 24 heavy (non-hydrogen) atoms. The van der Waals surface area contributed by atoms with Gasteiger partial charge in [-0.15, -0.1) is 0 Å². The number of anilines is 1. The number of benzene rings is 1. The molecule has 0 aliphatic rings. The van der Waals surface area contributed by atoms with E-state index < -0.39 is 0 Å². The molecule has 1 amide bonds. The topological polar surface area (TPSA) is 85.9 Å². The van der Waals surface area contributed by atoms with E-state index in [-0.39, 0.29) is 12.3 Å². The Hall–Kier alpha value is -1.80. The third-order valence-corrected chi connectivity index (χ3v) is 3.13. The minimum absolute atomic E-state index is 0.0964. The van der Waals surface area contributed by atoms with Gasteiger partial charge in [0.25, 0.3) is 0 Å². The smallest absolute Gasteiger partial charge is 0.226 e. The Morgan fingerprint density at radius 1 is 1.08 bits per heavy atom. The van der Waals surface area contributed by atoms with Crippen LogP contribution in [0.1, 0.15) is 18.4 Å². The highest BCUT2D eigenvalue weighted by Gasteiger charge is 2.02. The van der Waals surface area contributed by atoms with E-state index in [1.165, 1.54) is 0 Å². The van der Waals surface area contributed by atoms with Gasteiger partial charge in [-0.2, -0.15) is 0 Å². The Bertz CT molecular complexity index is 465. The Kier molecular flexibility index (Phi) is 11.5. The molecule has 0 bridgehead atoms. The van der Waals surface area contributed by atoms with E-state index in [0.29, 0.717) is 39.4 Å². The molecule has 0 unspecified atom stereocenters. The summed E-state index contributed by atoms with van der Waals surface area (Å²) < 4.78 is 10.6. The lowest BCUT2D eigenvalue weighted by atomic mass is 10.1. The second kappa shape index (κ2) is 13.6. The summed E-state index contributed by atoms with van der Waals surface area (Å²) in [5.74, 6) is -0.0964. The van der Waals surface area contributed by atoms with Gasteiger partial charge in [-0.1, -0.05) is 12.1 Å². The normalized spacial score (nSPS) is 10.5. The number of hydrogen-bond acceptors (Lipinski definition) is 6. The summed E-state index contributed by atoms with van der Waals surface area (Å²) in [4.78, 5) is 26.8. The summed E-state index contributed by atoms with van der Waals surface area (Å²) in [6, 6.07) is 7.48. The average Bonchev–Trinajstić information content (AvgIpc) is 2.60. The predicted octanol–water partition coefficient (Wildman–Crippen LogP) is 1.33. The highest BCUT2D eigenvalue weighted by molar-refractivity contribution is 5.90. The van der Waals surface area contributed by atoms with Gasteiger partial charge in [0.15, 0.2) is 0 Å². The Morgan fingerprint density at radius 2 is 1.79 bits per heavy atom. The monoisotopic (exact) mass is 338 g/mol. The number of rotatable bonds is 14. The molecule has 0 aliphatic carbocycles. The van der Waals surface area contributed by atoms with E-state index in [1.807, 2.05) is 24.3 Å². The zero-order chi connectivity index (χ0) is 17.5. The van der Waals surface area contributed by atoms with Crippen molar-refractivity contribution in [3.05, 3.63) is 29.8 Å². The number of amides is 1. The first-order valence-electron chi connectivity index (χ1n) is 8.00.